The number of carbonyl (C=O) groups excluding carboxylic acids is 1. The molecule has 1 aromatic rings. The van der Waals surface area contributed by atoms with Gasteiger partial charge in [-0.25, -0.2) is 4.79 Å². The third kappa shape index (κ3) is 4.35. The van der Waals surface area contributed by atoms with Crippen molar-refractivity contribution in [2.24, 2.45) is 0 Å². The van der Waals surface area contributed by atoms with Gasteiger partial charge in [0.05, 0.1) is 0 Å². The molecule has 0 radical (unpaired) electrons. The second kappa shape index (κ2) is 7.14. The summed E-state index contributed by atoms with van der Waals surface area (Å²) in [6, 6.07) is 5.23. The van der Waals surface area contributed by atoms with Gasteiger partial charge >= 0.3 is 6.03 Å². The standard InChI is InChI=1S/C16H23ClN2O2/c1-12-5-6-13(11-14(12)17)18-15(21)19-16(9-10-20)7-3-2-4-8-16/h5-6,11,20H,2-4,7-10H2,1H3,(H2,18,19,21). The lowest BCUT2D eigenvalue weighted by Crippen LogP contribution is -2.51. The van der Waals surface area contributed by atoms with Crippen LogP contribution < -0.4 is 10.6 Å². The van der Waals surface area contributed by atoms with E-state index in [0.29, 0.717) is 17.1 Å². The van der Waals surface area contributed by atoms with Crippen molar-refractivity contribution in [2.45, 2.75) is 51.0 Å². The van der Waals surface area contributed by atoms with Gasteiger partial charge in [-0.2, -0.15) is 0 Å². The molecule has 2 amide bonds. The normalized spacial score (nSPS) is 17.3. The zero-order valence-electron chi connectivity index (χ0n) is 12.4. The number of benzene rings is 1. The molecule has 2 rings (SSSR count). The van der Waals surface area contributed by atoms with E-state index in [1.165, 1.54) is 6.42 Å². The van der Waals surface area contributed by atoms with Crippen LogP contribution in [0.25, 0.3) is 0 Å². The molecule has 3 N–H and O–H groups in total. The molecule has 0 unspecified atom stereocenters. The number of halogens is 1. The number of hydrogen-bond acceptors (Lipinski definition) is 2. The predicted octanol–water partition coefficient (Wildman–Crippen LogP) is 3.86. The monoisotopic (exact) mass is 310 g/mol. The van der Waals surface area contributed by atoms with Crippen LogP contribution in [0.4, 0.5) is 10.5 Å². The minimum atomic E-state index is -0.272. The van der Waals surface area contributed by atoms with Crippen molar-refractivity contribution >= 4 is 23.3 Å². The molecule has 5 heteroatoms. The minimum Gasteiger partial charge on any atom is -0.396 e. The zero-order valence-corrected chi connectivity index (χ0v) is 13.2. The molecular weight excluding hydrogens is 288 g/mol. The third-order valence-corrected chi connectivity index (χ3v) is 4.62. The highest BCUT2D eigenvalue weighted by atomic mass is 35.5. The van der Waals surface area contributed by atoms with Crippen LogP contribution in [0.1, 0.15) is 44.1 Å². The average molecular weight is 311 g/mol. The van der Waals surface area contributed by atoms with Crippen LogP contribution in [-0.2, 0) is 0 Å². The molecule has 0 bridgehead atoms. The maximum Gasteiger partial charge on any atom is 0.319 e. The Morgan fingerprint density at radius 1 is 1.33 bits per heavy atom. The van der Waals surface area contributed by atoms with Gasteiger partial charge in [-0.05, 0) is 43.9 Å². The van der Waals surface area contributed by atoms with Crippen LogP contribution >= 0.6 is 11.6 Å². The van der Waals surface area contributed by atoms with Gasteiger partial charge in [-0.15, -0.1) is 0 Å². The fourth-order valence-electron chi connectivity index (χ4n) is 2.95. The first-order valence-electron chi connectivity index (χ1n) is 7.51. The second-order valence-corrected chi connectivity index (χ2v) is 6.26. The predicted molar refractivity (Wildman–Crippen MR) is 85.9 cm³/mol. The Morgan fingerprint density at radius 2 is 2.05 bits per heavy atom. The summed E-state index contributed by atoms with van der Waals surface area (Å²) >= 11 is 6.06. The van der Waals surface area contributed by atoms with Crippen molar-refractivity contribution in [1.82, 2.24) is 5.32 Å². The number of amides is 2. The van der Waals surface area contributed by atoms with Crippen molar-refractivity contribution < 1.29 is 9.90 Å². The molecule has 21 heavy (non-hydrogen) atoms. The maximum absolute atomic E-state index is 12.2. The van der Waals surface area contributed by atoms with E-state index in [9.17, 15) is 9.90 Å². The first kappa shape index (κ1) is 16.1. The van der Waals surface area contributed by atoms with E-state index in [-0.39, 0.29) is 18.2 Å². The van der Waals surface area contributed by atoms with Crippen LogP contribution in [0, 0.1) is 6.92 Å². The molecule has 0 aliphatic heterocycles. The molecule has 1 aromatic carbocycles. The van der Waals surface area contributed by atoms with Gasteiger partial charge in [0.2, 0.25) is 0 Å². The van der Waals surface area contributed by atoms with Gasteiger partial charge < -0.3 is 15.7 Å². The largest absolute Gasteiger partial charge is 0.396 e. The van der Waals surface area contributed by atoms with Crippen molar-refractivity contribution in [3.63, 3.8) is 0 Å². The van der Waals surface area contributed by atoms with Gasteiger partial charge in [-0.3, -0.25) is 0 Å². The number of carbonyl (C=O) groups is 1. The van der Waals surface area contributed by atoms with Crippen LogP contribution in [0.5, 0.6) is 0 Å². The smallest absolute Gasteiger partial charge is 0.319 e. The van der Waals surface area contributed by atoms with Crippen LogP contribution in [0.2, 0.25) is 5.02 Å². The Balaban J connectivity index is 2.00. The number of urea groups is 1. The molecule has 0 saturated heterocycles. The maximum atomic E-state index is 12.2. The molecule has 4 nitrogen and oxygen atoms in total. The molecule has 1 aliphatic carbocycles. The van der Waals surface area contributed by atoms with E-state index in [1.807, 2.05) is 19.1 Å². The lowest BCUT2D eigenvalue weighted by atomic mass is 9.79. The van der Waals surface area contributed by atoms with E-state index in [4.69, 9.17) is 11.6 Å². The molecule has 116 valence electrons. The summed E-state index contributed by atoms with van der Waals surface area (Å²) in [5.74, 6) is 0. The number of hydrogen-bond donors (Lipinski definition) is 3. The highest BCUT2D eigenvalue weighted by Crippen LogP contribution is 2.31. The van der Waals surface area contributed by atoms with Gasteiger partial charge in [-0.1, -0.05) is 36.9 Å². The number of aliphatic hydroxyl groups is 1. The number of rotatable bonds is 4. The summed E-state index contributed by atoms with van der Waals surface area (Å²) in [6.45, 7) is 2.01. The zero-order chi connectivity index (χ0) is 15.3. The molecule has 1 fully saturated rings. The quantitative estimate of drug-likeness (QED) is 0.791. The fraction of sp³-hybridized carbons (Fsp3) is 0.562. The lowest BCUT2D eigenvalue weighted by Gasteiger charge is -2.37. The van der Waals surface area contributed by atoms with E-state index in [2.05, 4.69) is 10.6 Å². The third-order valence-electron chi connectivity index (χ3n) is 4.21. The van der Waals surface area contributed by atoms with Crippen molar-refractivity contribution in [1.29, 1.82) is 0 Å². The molecule has 1 saturated carbocycles. The topological polar surface area (TPSA) is 61.4 Å². The van der Waals surface area contributed by atoms with E-state index in [0.717, 1.165) is 31.2 Å². The molecule has 0 spiro atoms. The SMILES string of the molecule is Cc1ccc(NC(=O)NC2(CCO)CCCCC2)cc1Cl. The highest BCUT2D eigenvalue weighted by Gasteiger charge is 2.32. The van der Waals surface area contributed by atoms with E-state index < -0.39 is 0 Å². The Hall–Kier alpha value is -1.26. The summed E-state index contributed by atoms with van der Waals surface area (Å²) in [6.07, 6.45) is 5.84. The Labute approximate surface area is 130 Å². The molecular formula is C16H23ClN2O2. The fourth-order valence-corrected chi connectivity index (χ4v) is 3.13. The van der Waals surface area contributed by atoms with Crippen molar-refractivity contribution in [3.05, 3.63) is 28.8 Å². The van der Waals surface area contributed by atoms with Crippen LogP contribution in [0.3, 0.4) is 0 Å². The average Bonchev–Trinajstić information content (AvgIpc) is 2.44. The van der Waals surface area contributed by atoms with Gasteiger partial charge in [0, 0.05) is 22.9 Å². The first-order chi connectivity index (χ1) is 10.0. The Morgan fingerprint density at radius 3 is 2.67 bits per heavy atom. The van der Waals surface area contributed by atoms with E-state index >= 15 is 0 Å². The van der Waals surface area contributed by atoms with E-state index in [1.54, 1.807) is 6.07 Å². The lowest BCUT2D eigenvalue weighted by molar-refractivity contribution is 0.168. The first-order valence-corrected chi connectivity index (χ1v) is 7.89. The number of aliphatic hydroxyl groups excluding tert-OH is 1. The van der Waals surface area contributed by atoms with Gasteiger partial charge in [0.25, 0.3) is 0 Å². The Bertz CT molecular complexity index is 494. The van der Waals surface area contributed by atoms with Crippen molar-refractivity contribution in [2.75, 3.05) is 11.9 Å². The van der Waals surface area contributed by atoms with Gasteiger partial charge in [0.15, 0.2) is 0 Å². The van der Waals surface area contributed by atoms with Gasteiger partial charge in [0.1, 0.15) is 0 Å². The number of nitrogens with one attached hydrogen (secondary N) is 2. The molecule has 0 aromatic heterocycles. The summed E-state index contributed by atoms with van der Waals surface area (Å²) in [4.78, 5) is 12.2. The van der Waals surface area contributed by atoms with Crippen LogP contribution in [-0.4, -0.2) is 23.3 Å². The molecule has 0 heterocycles. The highest BCUT2D eigenvalue weighted by molar-refractivity contribution is 6.31. The van der Waals surface area contributed by atoms with Crippen LogP contribution in [0.15, 0.2) is 18.2 Å². The summed E-state index contributed by atoms with van der Waals surface area (Å²) in [5, 5.41) is 15.8. The molecule has 0 atom stereocenters. The summed E-state index contributed by atoms with van der Waals surface area (Å²) in [7, 11) is 0. The second-order valence-electron chi connectivity index (χ2n) is 5.86. The number of anilines is 1. The minimum absolute atomic E-state index is 0.0939. The Kier molecular flexibility index (Phi) is 5.48. The summed E-state index contributed by atoms with van der Waals surface area (Å²) in [5.41, 5.74) is 1.38. The number of aryl methyl sites for hydroxylation is 1. The van der Waals surface area contributed by atoms with Crippen molar-refractivity contribution in [3.8, 4) is 0 Å². The summed E-state index contributed by atoms with van der Waals surface area (Å²) < 4.78 is 0. The molecule has 1 aliphatic rings.